The van der Waals surface area contributed by atoms with Crippen molar-refractivity contribution in [3.8, 4) is 5.69 Å². The highest BCUT2D eigenvalue weighted by Gasteiger charge is 1.99. The molecule has 0 atom stereocenters. The van der Waals surface area contributed by atoms with E-state index in [9.17, 15) is 4.79 Å². The topological polar surface area (TPSA) is 55.1 Å². The third kappa shape index (κ3) is 1.94. The molecule has 0 saturated heterocycles. The molecule has 0 fully saturated rings. The first-order chi connectivity index (χ1) is 7.81. The summed E-state index contributed by atoms with van der Waals surface area (Å²) in [5, 5.41) is 4.22. The van der Waals surface area contributed by atoms with Gasteiger partial charge in [0.1, 0.15) is 0 Å². The van der Waals surface area contributed by atoms with Crippen LogP contribution in [-0.2, 0) is 6.61 Å². The number of hydrogen-bond donors (Lipinski definition) is 1. The van der Waals surface area contributed by atoms with Crippen molar-refractivity contribution >= 4 is 0 Å². The van der Waals surface area contributed by atoms with E-state index in [0.717, 1.165) is 0 Å². The Labute approximate surface area is 88.0 Å². The molecule has 1 N–H and O–H groups in total. The van der Waals surface area contributed by atoms with Crippen LogP contribution in [0.1, 0.15) is 5.56 Å². The maximum atomic E-state index is 11.7. The summed E-state index contributed by atoms with van der Waals surface area (Å²) in [4.78, 5) is 15.7. The van der Waals surface area contributed by atoms with Crippen LogP contribution in [0, 0.1) is 0 Å². The van der Waals surface area contributed by atoms with E-state index in [1.165, 1.54) is 10.6 Å². The third-order valence-corrected chi connectivity index (χ3v) is 2.07. The first-order valence-corrected chi connectivity index (χ1v) is 4.51. The van der Waals surface area contributed by atoms with Crippen LogP contribution in [0.2, 0.25) is 0 Å². The third-order valence-electron chi connectivity index (χ3n) is 2.07. The quantitative estimate of drug-likeness (QED) is 0.801. The molecule has 0 spiro atoms. The van der Waals surface area contributed by atoms with Gasteiger partial charge in [-0.3, -0.25) is 14.3 Å². The van der Waals surface area contributed by atoms with Crippen molar-refractivity contribution in [1.82, 2.24) is 9.55 Å². The summed E-state index contributed by atoms with van der Waals surface area (Å²) >= 11 is 0. The monoisotopic (exact) mass is 204 g/mol. The van der Waals surface area contributed by atoms with E-state index in [2.05, 4.69) is 10.1 Å². The Hall–Kier alpha value is -1.94. The van der Waals surface area contributed by atoms with Gasteiger partial charge in [-0.1, -0.05) is 0 Å². The van der Waals surface area contributed by atoms with Gasteiger partial charge in [0.25, 0.3) is 5.56 Å². The number of aromatic nitrogens is 2. The van der Waals surface area contributed by atoms with Crippen LogP contribution in [0.5, 0.6) is 0 Å². The minimum Gasteiger partial charge on any atom is -0.392 e. The van der Waals surface area contributed by atoms with Gasteiger partial charge >= 0.3 is 0 Å². The molecule has 0 aliphatic rings. The predicted molar refractivity (Wildman–Crippen MR) is 55.8 cm³/mol. The van der Waals surface area contributed by atoms with Gasteiger partial charge in [0.15, 0.2) is 0 Å². The minimum absolute atomic E-state index is 0.114. The van der Waals surface area contributed by atoms with Crippen molar-refractivity contribution < 1.29 is 5.11 Å². The lowest BCUT2D eigenvalue weighted by molar-refractivity contribution is 0.281. The Kier molecular flexibility index (Phi) is 2.27. The van der Waals surface area contributed by atoms with Crippen LogP contribution in [-0.4, -0.2) is 16.1 Å². The fourth-order valence-electron chi connectivity index (χ4n) is 1.32. The molecule has 0 aliphatic carbocycles. The van der Waals surface area contributed by atoms with Crippen LogP contribution in [0.4, 0.5) is 0 Å². The predicted octanol–water partition coefficient (Wildman–Crippen LogP) is 0.725. The van der Waals surface area contributed by atoms with Gasteiger partial charge in [0.2, 0.25) is 1.43 Å². The van der Waals surface area contributed by atoms with Gasteiger partial charge in [-0.25, -0.2) is 0 Å². The standard InChI is InChI=1S/C11H10N2O2/c14-8-9-3-5-13(11(15)6-9)10-2-1-4-12-7-10/h1-7,14H,8H2/i14T. The largest absolute Gasteiger partial charge is 0.392 e. The number of hydrogen-bond acceptors (Lipinski definition) is 3. The van der Waals surface area contributed by atoms with Gasteiger partial charge in [-0.05, 0) is 23.8 Å². The molecule has 0 aliphatic heterocycles. The first-order valence-electron chi connectivity index (χ1n) is 4.92. The van der Waals surface area contributed by atoms with Gasteiger partial charge < -0.3 is 5.11 Å². The highest BCUT2D eigenvalue weighted by atomic mass is 16.3. The van der Waals surface area contributed by atoms with E-state index >= 15 is 0 Å². The number of nitrogens with zero attached hydrogens (tertiary/aromatic N) is 2. The molecule has 4 nitrogen and oxygen atoms in total. The van der Waals surface area contributed by atoms with E-state index in [4.69, 9.17) is 1.43 Å². The van der Waals surface area contributed by atoms with E-state index in [-0.39, 0.29) is 12.2 Å². The molecule has 0 amide bonds. The number of rotatable bonds is 3. The SMILES string of the molecule is [3H]OCc1ccn(-c2cccnc2)c(=O)c1. The normalized spacial score (nSPS) is 11.1. The van der Waals surface area contributed by atoms with Gasteiger partial charge in [-0.15, -0.1) is 0 Å². The second-order valence-corrected chi connectivity index (χ2v) is 3.10. The van der Waals surface area contributed by atoms with Crippen LogP contribution >= 0.6 is 0 Å². The molecule has 0 unspecified atom stereocenters. The zero-order chi connectivity index (χ0) is 11.4. The number of pyridine rings is 2. The minimum atomic E-state index is -0.164. The molecule has 0 aromatic carbocycles. The zero-order valence-corrected chi connectivity index (χ0v) is 7.96. The lowest BCUT2D eigenvalue weighted by atomic mass is 10.3. The van der Waals surface area contributed by atoms with E-state index in [0.29, 0.717) is 11.3 Å². The second kappa shape index (κ2) is 4.06. The van der Waals surface area contributed by atoms with Crippen LogP contribution in [0.3, 0.4) is 0 Å². The van der Waals surface area contributed by atoms with Crippen molar-refractivity contribution in [1.29, 1.82) is 1.43 Å². The summed E-state index contributed by atoms with van der Waals surface area (Å²) in [6.07, 6.45) is 4.91. The molecule has 76 valence electrons. The van der Waals surface area contributed by atoms with Crippen molar-refractivity contribution in [2.24, 2.45) is 0 Å². The van der Waals surface area contributed by atoms with Crippen molar-refractivity contribution in [3.05, 3.63) is 58.8 Å². The molecule has 0 bridgehead atoms. The lowest BCUT2D eigenvalue weighted by Gasteiger charge is -2.04. The van der Waals surface area contributed by atoms with Crippen molar-refractivity contribution in [2.75, 3.05) is 0 Å². The Morgan fingerprint density at radius 3 is 3.13 bits per heavy atom. The van der Waals surface area contributed by atoms with Crippen molar-refractivity contribution in [3.63, 3.8) is 0 Å². The van der Waals surface area contributed by atoms with Crippen molar-refractivity contribution in [2.45, 2.75) is 6.61 Å². The molecule has 2 heterocycles. The highest BCUT2D eigenvalue weighted by Crippen LogP contribution is 2.02. The Bertz CT molecular complexity index is 525. The number of aliphatic hydroxyl groups is 1. The Morgan fingerprint density at radius 2 is 2.47 bits per heavy atom. The average molecular weight is 204 g/mol. The fraction of sp³-hybridized carbons (Fsp3) is 0.0909. The van der Waals surface area contributed by atoms with Crippen LogP contribution < -0.4 is 5.56 Å². The van der Waals surface area contributed by atoms with E-state index in [1.807, 2.05) is 0 Å². The lowest BCUT2D eigenvalue weighted by Crippen LogP contribution is -2.17. The second-order valence-electron chi connectivity index (χ2n) is 3.10. The molecule has 0 radical (unpaired) electrons. The molecular weight excluding hydrogens is 192 g/mol. The zero-order valence-electron chi connectivity index (χ0n) is 8.96. The Balaban J connectivity index is 2.41. The highest BCUT2D eigenvalue weighted by molar-refractivity contribution is 5.29. The molecule has 0 saturated carbocycles. The maximum Gasteiger partial charge on any atom is 0.255 e. The molecule has 2 aromatic heterocycles. The van der Waals surface area contributed by atoms with E-state index < -0.39 is 0 Å². The van der Waals surface area contributed by atoms with Gasteiger partial charge in [0, 0.05) is 18.5 Å². The molecule has 2 rings (SSSR count). The van der Waals surface area contributed by atoms with Gasteiger partial charge in [-0.2, -0.15) is 0 Å². The summed E-state index contributed by atoms with van der Waals surface area (Å²) in [7, 11) is 0. The summed E-state index contributed by atoms with van der Waals surface area (Å²) in [5.74, 6) is 0. The molecule has 15 heavy (non-hydrogen) atoms. The summed E-state index contributed by atoms with van der Waals surface area (Å²) in [5.41, 5.74) is 1.23. The average Bonchev–Trinajstić information content (AvgIpc) is 2.31. The molecule has 4 heteroatoms. The van der Waals surface area contributed by atoms with E-state index in [1.54, 1.807) is 36.8 Å². The number of aliphatic hydroxyl groups excluding tert-OH is 1. The fourth-order valence-corrected chi connectivity index (χ4v) is 1.32. The summed E-state index contributed by atoms with van der Waals surface area (Å²) in [6.45, 7) is 0.114. The summed E-state index contributed by atoms with van der Waals surface area (Å²) < 4.78 is 8.10. The Morgan fingerprint density at radius 1 is 1.53 bits per heavy atom. The van der Waals surface area contributed by atoms with Gasteiger partial charge in [0.05, 0.1) is 18.5 Å². The van der Waals surface area contributed by atoms with Crippen LogP contribution in [0.15, 0.2) is 47.7 Å². The maximum absolute atomic E-state index is 11.7. The first kappa shape index (κ1) is 8.38. The molecule has 2 aromatic rings. The van der Waals surface area contributed by atoms with Crippen LogP contribution in [0.25, 0.3) is 5.69 Å². The molecular formula is C11H10N2O2. The smallest absolute Gasteiger partial charge is 0.255 e. The summed E-state index contributed by atoms with van der Waals surface area (Å²) in [6, 6.07) is 6.75.